The highest BCUT2D eigenvalue weighted by Gasteiger charge is 2.21. The first-order valence-corrected chi connectivity index (χ1v) is 10.8. The molecule has 0 aliphatic carbocycles. The highest BCUT2D eigenvalue weighted by molar-refractivity contribution is 7.92. The number of hydrogen-bond acceptors (Lipinski definition) is 4. The normalized spacial score (nSPS) is 11.6. The SMILES string of the molecule is CN(C)c1cccc(-c2cn(C)c3nccc(NS(=O)(=O)c4cc(F)cc(F)c4)c23)c1. The summed E-state index contributed by atoms with van der Waals surface area (Å²) in [5.74, 6) is -1.94. The lowest BCUT2D eigenvalue weighted by Gasteiger charge is -2.14. The number of rotatable bonds is 5. The molecule has 160 valence electrons. The monoisotopic (exact) mass is 442 g/mol. The predicted octanol–water partition coefficient (Wildman–Crippen LogP) is 4.39. The summed E-state index contributed by atoms with van der Waals surface area (Å²) < 4.78 is 57.2. The molecule has 2 aromatic heterocycles. The number of benzene rings is 2. The van der Waals surface area contributed by atoms with Crippen LogP contribution in [-0.4, -0.2) is 32.1 Å². The van der Waals surface area contributed by atoms with Crippen molar-refractivity contribution in [2.75, 3.05) is 23.7 Å². The Morgan fingerprint density at radius 3 is 2.42 bits per heavy atom. The van der Waals surface area contributed by atoms with Crippen LogP contribution in [0.3, 0.4) is 0 Å². The number of halogens is 2. The average Bonchev–Trinajstić information content (AvgIpc) is 3.05. The Bertz CT molecular complexity index is 1380. The van der Waals surface area contributed by atoms with Crippen LogP contribution in [0.2, 0.25) is 0 Å². The molecule has 6 nitrogen and oxygen atoms in total. The molecule has 0 aliphatic rings. The van der Waals surface area contributed by atoms with E-state index in [0.29, 0.717) is 17.1 Å². The van der Waals surface area contributed by atoms with E-state index in [1.54, 1.807) is 4.57 Å². The quantitative estimate of drug-likeness (QED) is 0.498. The second-order valence-corrected chi connectivity index (χ2v) is 9.05. The molecule has 2 heterocycles. The zero-order chi connectivity index (χ0) is 22.3. The van der Waals surface area contributed by atoms with Gasteiger partial charge in [-0.1, -0.05) is 12.1 Å². The number of aryl methyl sites for hydroxylation is 1. The number of anilines is 2. The molecule has 4 aromatic rings. The minimum atomic E-state index is -4.24. The van der Waals surface area contributed by atoms with Crippen molar-refractivity contribution in [2.24, 2.45) is 7.05 Å². The predicted molar refractivity (Wildman–Crippen MR) is 118 cm³/mol. The number of pyridine rings is 1. The van der Waals surface area contributed by atoms with Crippen molar-refractivity contribution in [1.82, 2.24) is 9.55 Å². The van der Waals surface area contributed by atoms with Crippen molar-refractivity contribution in [3.8, 4) is 11.1 Å². The van der Waals surface area contributed by atoms with Crippen LogP contribution in [0.4, 0.5) is 20.2 Å². The molecule has 0 aliphatic heterocycles. The molecule has 0 atom stereocenters. The van der Waals surface area contributed by atoms with Crippen molar-refractivity contribution < 1.29 is 17.2 Å². The third-order valence-electron chi connectivity index (χ3n) is 4.92. The molecule has 0 fully saturated rings. The van der Waals surface area contributed by atoms with Crippen molar-refractivity contribution in [2.45, 2.75) is 4.90 Å². The van der Waals surface area contributed by atoms with E-state index < -0.39 is 26.6 Å². The largest absolute Gasteiger partial charge is 0.378 e. The topological polar surface area (TPSA) is 67.2 Å². The fourth-order valence-electron chi connectivity index (χ4n) is 3.45. The van der Waals surface area contributed by atoms with Crippen LogP contribution in [0.25, 0.3) is 22.2 Å². The Balaban J connectivity index is 1.87. The average molecular weight is 442 g/mol. The maximum Gasteiger partial charge on any atom is 0.262 e. The lowest BCUT2D eigenvalue weighted by atomic mass is 10.0. The molecule has 0 radical (unpaired) electrons. The fraction of sp³-hybridized carbons (Fsp3) is 0.136. The Morgan fingerprint density at radius 2 is 1.74 bits per heavy atom. The number of nitrogens with one attached hydrogen (secondary N) is 1. The molecule has 0 spiro atoms. The second-order valence-electron chi connectivity index (χ2n) is 7.37. The molecule has 0 bridgehead atoms. The highest BCUT2D eigenvalue weighted by Crippen LogP contribution is 2.36. The van der Waals surface area contributed by atoms with E-state index in [-0.39, 0.29) is 5.69 Å². The molecular formula is C22H20F2N4O2S. The maximum absolute atomic E-state index is 13.6. The van der Waals surface area contributed by atoms with Crippen LogP contribution in [-0.2, 0) is 17.1 Å². The first-order valence-electron chi connectivity index (χ1n) is 9.36. The summed E-state index contributed by atoms with van der Waals surface area (Å²) in [5.41, 5.74) is 3.46. The lowest BCUT2D eigenvalue weighted by Crippen LogP contribution is -2.14. The molecule has 0 saturated carbocycles. The molecular weight excluding hydrogens is 422 g/mol. The van der Waals surface area contributed by atoms with Gasteiger partial charge in [-0.3, -0.25) is 4.72 Å². The maximum atomic E-state index is 13.6. The van der Waals surface area contributed by atoms with Gasteiger partial charge in [0.1, 0.15) is 17.3 Å². The molecule has 1 N–H and O–H groups in total. The van der Waals surface area contributed by atoms with Gasteiger partial charge >= 0.3 is 0 Å². The van der Waals surface area contributed by atoms with Crippen molar-refractivity contribution in [1.29, 1.82) is 0 Å². The van der Waals surface area contributed by atoms with Crippen molar-refractivity contribution in [3.05, 3.63) is 72.6 Å². The van der Waals surface area contributed by atoms with E-state index in [9.17, 15) is 17.2 Å². The first-order chi connectivity index (χ1) is 14.7. The molecule has 0 unspecified atom stereocenters. The number of sulfonamides is 1. The van der Waals surface area contributed by atoms with Gasteiger partial charge in [0.15, 0.2) is 0 Å². The summed E-state index contributed by atoms with van der Waals surface area (Å²) in [5, 5.41) is 0.585. The zero-order valence-electron chi connectivity index (χ0n) is 17.1. The van der Waals surface area contributed by atoms with E-state index in [4.69, 9.17) is 0 Å². The van der Waals surface area contributed by atoms with Crippen molar-refractivity contribution >= 4 is 32.4 Å². The van der Waals surface area contributed by atoms with Crippen LogP contribution < -0.4 is 9.62 Å². The minimum absolute atomic E-state index is 0.264. The Kier molecular flexibility index (Phi) is 5.14. The molecule has 0 saturated heterocycles. The summed E-state index contributed by atoms with van der Waals surface area (Å²) in [6.45, 7) is 0. The van der Waals surface area contributed by atoms with Gasteiger partial charge in [-0.15, -0.1) is 0 Å². The summed E-state index contributed by atoms with van der Waals surface area (Å²) in [6.07, 6.45) is 3.35. The van der Waals surface area contributed by atoms with Gasteiger partial charge in [-0.05, 0) is 35.9 Å². The molecule has 4 rings (SSSR count). The van der Waals surface area contributed by atoms with E-state index in [0.717, 1.165) is 28.9 Å². The zero-order valence-corrected chi connectivity index (χ0v) is 17.9. The first kappa shape index (κ1) is 20.8. The van der Waals surface area contributed by atoms with Crippen LogP contribution >= 0.6 is 0 Å². The minimum Gasteiger partial charge on any atom is -0.378 e. The Labute approximate surface area is 178 Å². The number of nitrogens with zero attached hydrogens (tertiary/aromatic N) is 3. The van der Waals surface area contributed by atoms with E-state index in [1.807, 2.05) is 56.5 Å². The number of aromatic nitrogens is 2. The van der Waals surface area contributed by atoms with Crippen LogP contribution in [0, 0.1) is 11.6 Å². The standard InChI is InChI=1S/C22H20F2N4O2S/c1-27(2)17-6-4-5-14(9-17)19-13-28(3)22-21(19)20(7-8-25-22)26-31(29,30)18-11-15(23)10-16(24)12-18/h4-13H,1-3H3,(H,25,26). The Hall–Kier alpha value is -3.46. The van der Waals surface area contributed by atoms with E-state index in [1.165, 1.54) is 12.3 Å². The van der Waals surface area contributed by atoms with E-state index in [2.05, 4.69) is 9.71 Å². The number of fused-ring (bicyclic) bond motifs is 1. The summed E-state index contributed by atoms with van der Waals surface area (Å²) in [4.78, 5) is 5.84. The highest BCUT2D eigenvalue weighted by atomic mass is 32.2. The van der Waals surface area contributed by atoms with Gasteiger partial charge in [-0.2, -0.15) is 0 Å². The molecule has 0 amide bonds. The smallest absolute Gasteiger partial charge is 0.262 e. The molecule has 2 aromatic carbocycles. The van der Waals surface area contributed by atoms with Gasteiger partial charge in [0.2, 0.25) is 0 Å². The van der Waals surface area contributed by atoms with Gasteiger partial charge in [0.25, 0.3) is 10.0 Å². The van der Waals surface area contributed by atoms with Crippen molar-refractivity contribution in [3.63, 3.8) is 0 Å². The van der Waals surface area contributed by atoms with Crippen LogP contribution in [0.1, 0.15) is 0 Å². The summed E-state index contributed by atoms with van der Waals surface area (Å²) in [7, 11) is 1.44. The fourth-order valence-corrected chi connectivity index (χ4v) is 4.56. The summed E-state index contributed by atoms with van der Waals surface area (Å²) in [6, 6.07) is 11.5. The number of hydrogen-bond donors (Lipinski definition) is 1. The van der Waals surface area contributed by atoms with Gasteiger partial charge in [0, 0.05) is 50.9 Å². The molecule has 9 heteroatoms. The van der Waals surface area contributed by atoms with E-state index >= 15 is 0 Å². The van der Waals surface area contributed by atoms with Crippen LogP contribution in [0.5, 0.6) is 0 Å². The Morgan fingerprint density at radius 1 is 1.03 bits per heavy atom. The van der Waals surface area contributed by atoms with Crippen LogP contribution in [0.15, 0.2) is 65.8 Å². The van der Waals surface area contributed by atoms with Gasteiger partial charge in [0.05, 0.1) is 16.0 Å². The lowest BCUT2D eigenvalue weighted by molar-refractivity contribution is 0.568. The third-order valence-corrected chi connectivity index (χ3v) is 6.27. The third kappa shape index (κ3) is 3.96. The van der Waals surface area contributed by atoms with Gasteiger partial charge < -0.3 is 9.47 Å². The van der Waals surface area contributed by atoms with Gasteiger partial charge in [-0.25, -0.2) is 22.2 Å². The second kappa shape index (κ2) is 7.66. The molecule has 31 heavy (non-hydrogen) atoms. The summed E-state index contributed by atoms with van der Waals surface area (Å²) >= 11 is 0.